The van der Waals surface area contributed by atoms with Crippen LogP contribution in [0, 0.1) is 12.8 Å². The van der Waals surface area contributed by atoms with E-state index in [0.29, 0.717) is 12.2 Å². The van der Waals surface area contributed by atoms with Gasteiger partial charge in [-0.25, -0.2) is 4.79 Å². The number of nitrogens with one attached hydrogen (secondary N) is 2. The summed E-state index contributed by atoms with van der Waals surface area (Å²) in [6.45, 7) is 8.65. The minimum Gasteiger partial charge on any atom is -0.388 e. The number of aromatic nitrogens is 2. The van der Waals surface area contributed by atoms with Crippen molar-refractivity contribution >= 4 is 11.7 Å². The molecular weight excluding hydrogens is 316 g/mol. The summed E-state index contributed by atoms with van der Waals surface area (Å²) >= 11 is 0. The first kappa shape index (κ1) is 19.0. The van der Waals surface area contributed by atoms with Gasteiger partial charge < -0.3 is 15.7 Å². The maximum atomic E-state index is 12.0. The van der Waals surface area contributed by atoms with Crippen molar-refractivity contribution in [3.63, 3.8) is 0 Å². The Labute approximate surface area is 149 Å². The van der Waals surface area contributed by atoms with Crippen molar-refractivity contribution in [1.29, 1.82) is 0 Å². The number of aliphatic hydroxyl groups is 1. The Hall–Kier alpha value is -2.34. The summed E-state index contributed by atoms with van der Waals surface area (Å²) in [5, 5.41) is 20.1. The van der Waals surface area contributed by atoms with E-state index in [1.807, 2.05) is 62.1 Å². The smallest absolute Gasteiger partial charge is 0.319 e. The average Bonchev–Trinajstić information content (AvgIpc) is 2.99. The Morgan fingerprint density at radius 2 is 2.04 bits per heavy atom. The number of urea groups is 1. The van der Waals surface area contributed by atoms with Crippen LogP contribution < -0.4 is 10.6 Å². The molecule has 0 saturated heterocycles. The molecule has 6 heteroatoms. The number of nitrogens with zero attached hydrogens (tertiary/aromatic N) is 2. The normalized spacial score (nSPS) is 14.6. The van der Waals surface area contributed by atoms with Crippen molar-refractivity contribution in [3.05, 3.63) is 47.8 Å². The van der Waals surface area contributed by atoms with Crippen LogP contribution in [-0.4, -0.2) is 33.1 Å². The highest BCUT2D eigenvalue weighted by molar-refractivity contribution is 5.89. The zero-order valence-corrected chi connectivity index (χ0v) is 15.4. The van der Waals surface area contributed by atoms with Crippen LogP contribution in [0.4, 0.5) is 10.5 Å². The van der Waals surface area contributed by atoms with Gasteiger partial charge in [-0.1, -0.05) is 32.4 Å². The second kappa shape index (κ2) is 8.16. The molecule has 0 bridgehead atoms. The number of carbonyl (C=O) groups excluding carboxylic acids is 1. The molecule has 0 spiro atoms. The summed E-state index contributed by atoms with van der Waals surface area (Å²) in [4.78, 5) is 12.0. The molecule has 1 aromatic heterocycles. The first-order chi connectivity index (χ1) is 11.8. The number of aryl methyl sites for hydroxylation is 1. The van der Waals surface area contributed by atoms with E-state index in [1.165, 1.54) is 0 Å². The zero-order chi connectivity index (χ0) is 18.4. The van der Waals surface area contributed by atoms with Gasteiger partial charge in [-0.05, 0) is 43.0 Å². The highest BCUT2D eigenvalue weighted by atomic mass is 16.3. The largest absolute Gasteiger partial charge is 0.388 e. The number of hydrogen-bond acceptors (Lipinski definition) is 3. The predicted octanol–water partition coefficient (Wildman–Crippen LogP) is 3.16. The van der Waals surface area contributed by atoms with Crippen LogP contribution in [0.15, 0.2) is 36.7 Å². The Kier molecular flexibility index (Phi) is 6.20. The lowest BCUT2D eigenvalue weighted by Crippen LogP contribution is -2.46. The standard InChI is InChI=1S/C19H28N4O2/c1-5-15(3)19(4,25)13-20-18(24)22-17-8-6-16(7-9-17)12-23-11-14(2)10-21-23/h6-11,15,25H,5,12-13H2,1-4H3,(H2,20,22,24). The van der Waals surface area contributed by atoms with Crippen LogP contribution in [-0.2, 0) is 6.54 Å². The lowest BCUT2D eigenvalue weighted by atomic mass is 9.89. The van der Waals surface area contributed by atoms with Crippen molar-refractivity contribution in [3.8, 4) is 0 Å². The van der Waals surface area contributed by atoms with Crippen LogP contribution in [0.2, 0.25) is 0 Å². The fourth-order valence-electron chi connectivity index (χ4n) is 2.48. The number of carbonyl (C=O) groups is 1. The van der Waals surface area contributed by atoms with E-state index in [1.54, 1.807) is 6.92 Å². The van der Waals surface area contributed by atoms with Crippen molar-refractivity contribution in [1.82, 2.24) is 15.1 Å². The Morgan fingerprint density at radius 3 is 2.60 bits per heavy atom. The summed E-state index contributed by atoms with van der Waals surface area (Å²) in [7, 11) is 0. The molecule has 3 N–H and O–H groups in total. The lowest BCUT2D eigenvalue weighted by Gasteiger charge is -2.29. The van der Waals surface area contributed by atoms with Gasteiger partial charge in [0.05, 0.1) is 18.3 Å². The first-order valence-electron chi connectivity index (χ1n) is 8.65. The molecule has 0 aliphatic rings. The van der Waals surface area contributed by atoms with Gasteiger partial charge in [0.15, 0.2) is 0 Å². The minimum absolute atomic E-state index is 0.109. The Morgan fingerprint density at radius 1 is 1.36 bits per heavy atom. The molecule has 2 unspecified atom stereocenters. The van der Waals surface area contributed by atoms with Gasteiger partial charge in [0.1, 0.15) is 0 Å². The second-order valence-corrected chi connectivity index (χ2v) is 6.89. The van der Waals surface area contributed by atoms with Crippen molar-refractivity contribution in [2.24, 2.45) is 5.92 Å². The highest BCUT2D eigenvalue weighted by Crippen LogP contribution is 2.19. The van der Waals surface area contributed by atoms with Crippen LogP contribution in [0.5, 0.6) is 0 Å². The van der Waals surface area contributed by atoms with Crippen molar-refractivity contribution < 1.29 is 9.90 Å². The van der Waals surface area contributed by atoms with Gasteiger partial charge in [0.25, 0.3) is 0 Å². The molecule has 0 radical (unpaired) electrons. The fraction of sp³-hybridized carbons (Fsp3) is 0.474. The van der Waals surface area contributed by atoms with E-state index in [0.717, 1.165) is 17.5 Å². The Bertz CT molecular complexity index is 692. The van der Waals surface area contributed by atoms with Gasteiger partial charge in [-0.2, -0.15) is 5.10 Å². The molecule has 2 rings (SSSR count). The number of anilines is 1. The topological polar surface area (TPSA) is 79.2 Å². The minimum atomic E-state index is -0.919. The third-order valence-corrected chi connectivity index (χ3v) is 4.60. The van der Waals surface area contributed by atoms with E-state index < -0.39 is 5.60 Å². The van der Waals surface area contributed by atoms with Crippen LogP contribution in [0.25, 0.3) is 0 Å². The number of amides is 2. The predicted molar refractivity (Wildman–Crippen MR) is 99.6 cm³/mol. The van der Waals surface area contributed by atoms with Gasteiger partial charge in [0, 0.05) is 18.4 Å². The fourth-order valence-corrected chi connectivity index (χ4v) is 2.48. The molecule has 2 aromatic rings. The van der Waals surface area contributed by atoms with Crippen molar-refractivity contribution in [2.75, 3.05) is 11.9 Å². The maximum absolute atomic E-state index is 12.0. The van der Waals surface area contributed by atoms with E-state index in [9.17, 15) is 9.90 Å². The number of benzene rings is 1. The zero-order valence-electron chi connectivity index (χ0n) is 15.4. The quantitative estimate of drug-likeness (QED) is 0.722. The third kappa shape index (κ3) is 5.60. The molecule has 1 heterocycles. The van der Waals surface area contributed by atoms with E-state index in [-0.39, 0.29) is 18.5 Å². The van der Waals surface area contributed by atoms with Crippen LogP contribution >= 0.6 is 0 Å². The van der Waals surface area contributed by atoms with Crippen LogP contribution in [0.3, 0.4) is 0 Å². The van der Waals surface area contributed by atoms with Crippen molar-refractivity contribution in [2.45, 2.75) is 46.3 Å². The molecule has 0 saturated carbocycles. The first-order valence-corrected chi connectivity index (χ1v) is 8.65. The molecule has 136 valence electrons. The average molecular weight is 344 g/mol. The molecule has 2 atom stereocenters. The summed E-state index contributed by atoms with van der Waals surface area (Å²) in [5.74, 6) is 0.109. The molecule has 6 nitrogen and oxygen atoms in total. The van der Waals surface area contributed by atoms with Gasteiger partial charge in [-0.15, -0.1) is 0 Å². The van der Waals surface area contributed by atoms with E-state index in [2.05, 4.69) is 15.7 Å². The van der Waals surface area contributed by atoms with Crippen LogP contribution in [0.1, 0.15) is 38.3 Å². The van der Waals surface area contributed by atoms with E-state index in [4.69, 9.17) is 0 Å². The summed E-state index contributed by atoms with van der Waals surface area (Å²) in [6, 6.07) is 7.32. The molecule has 0 aliphatic heterocycles. The molecule has 1 aromatic carbocycles. The lowest BCUT2D eigenvalue weighted by molar-refractivity contribution is 0.00827. The molecule has 2 amide bonds. The molecular formula is C19H28N4O2. The second-order valence-electron chi connectivity index (χ2n) is 6.89. The summed E-state index contributed by atoms with van der Waals surface area (Å²) in [5.41, 5.74) is 2.02. The highest BCUT2D eigenvalue weighted by Gasteiger charge is 2.27. The molecule has 0 fully saturated rings. The number of rotatable bonds is 7. The molecule has 25 heavy (non-hydrogen) atoms. The monoisotopic (exact) mass is 344 g/mol. The maximum Gasteiger partial charge on any atom is 0.319 e. The third-order valence-electron chi connectivity index (χ3n) is 4.60. The van der Waals surface area contributed by atoms with Gasteiger partial charge in [0.2, 0.25) is 0 Å². The summed E-state index contributed by atoms with van der Waals surface area (Å²) < 4.78 is 1.88. The number of hydrogen-bond donors (Lipinski definition) is 3. The SMILES string of the molecule is CCC(C)C(C)(O)CNC(=O)Nc1ccc(Cn2cc(C)cn2)cc1. The summed E-state index contributed by atoms with van der Waals surface area (Å²) in [6.07, 6.45) is 4.67. The van der Waals surface area contributed by atoms with Gasteiger partial charge >= 0.3 is 6.03 Å². The molecule has 0 aliphatic carbocycles. The van der Waals surface area contributed by atoms with E-state index >= 15 is 0 Å². The Balaban J connectivity index is 1.85. The van der Waals surface area contributed by atoms with Gasteiger partial charge in [-0.3, -0.25) is 4.68 Å².